The number of halogens is 2. The lowest BCUT2D eigenvalue weighted by molar-refractivity contribution is -0.113. The molecule has 28 heavy (non-hydrogen) atoms. The Hall–Kier alpha value is -2.37. The number of anilines is 1. The van der Waals surface area contributed by atoms with Gasteiger partial charge in [-0.25, -0.2) is 8.78 Å². The summed E-state index contributed by atoms with van der Waals surface area (Å²) in [4.78, 5) is 12.9. The van der Waals surface area contributed by atoms with E-state index in [1.165, 1.54) is 6.07 Å². The third kappa shape index (κ3) is 4.37. The zero-order chi connectivity index (χ0) is 20.3. The Morgan fingerprint density at radius 3 is 2.82 bits per heavy atom. The molecule has 8 heteroatoms. The zero-order valence-electron chi connectivity index (χ0n) is 15.7. The van der Waals surface area contributed by atoms with E-state index in [1.807, 2.05) is 18.4 Å². The lowest BCUT2D eigenvalue weighted by atomic mass is 10.2. The number of amides is 1. The summed E-state index contributed by atoms with van der Waals surface area (Å²) in [6.45, 7) is 5.06. The second-order valence-electron chi connectivity index (χ2n) is 6.70. The quantitative estimate of drug-likeness (QED) is 0.733. The molecule has 1 aliphatic rings. The molecule has 1 aromatic carbocycles. The Kier molecular flexibility index (Phi) is 6.37. The maximum atomic E-state index is 13.3. The van der Waals surface area contributed by atoms with Crippen LogP contribution in [0.2, 0.25) is 0 Å². The summed E-state index contributed by atoms with van der Waals surface area (Å²) >= 11 is 1.10. The van der Waals surface area contributed by atoms with Gasteiger partial charge >= 0.3 is 0 Å². The summed E-state index contributed by atoms with van der Waals surface area (Å²) in [5.74, 6) is -1.72. The molecular weight excluding hydrogens is 384 g/mol. The van der Waals surface area contributed by atoms with E-state index in [1.54, 1.807) is 0 Å². The van der Waals surface area contributed by atoms with Gasteiger partial charge in [0.25, 0.3) is 0 Å². The highest BCUT2D eigenvalue weighted by molar-refractivity contribution is 8.00. The molecule has 0 unspecified atom stereocenters. The van der Waals surface area contributed by atoms with Crippen LogP contribution >= 0.6 is 11.8 Å². The standard InChI is InChI=1S/C20H21F2N3O2S/c1-12-13(2)25(10-14-4-3-7-27-14)20(16(12)9-23)24-19(26)11-28-15-5-6-17(21)18(22)8-15/h5-6,8,14H,3-4,7,10-11H2,1-2H3,(H,24,26)/t14-/m1/s1. The number of hydrogen-bond donors (Lipinski definition) is 1. The molecule has 1 aromatic heterocycles. The van der Waals surface area contributed by atoms with Crippen LogP contribution in [0.5, 0.6) is 0 Å². The number of aromatic nitrogens is 1. The number of ether oxygens (including phenoxy) is 1. The number of nitrogens with one attached hydrogen (secondary N) is 1. The van der Waals surface area contributed by atoms with Crippen molar-refractivity contribution in [1.82, 2.24) is 4.57 Å². The van der Waals surface area contributed by atoms with Crippen molar-refractivity contribution < 1.29 is 18.3 Å². The molecule has 3 rings (SSSR count). The molecule has 5 nitrogen and oxygen atoms in total. The Balaban J connectivity index is 1.74. The molecule has 1 fully saturated rings. The van der Waals surface area contributed by atoms with Crippen molar-refractivity contribution in [3.63, 3.8) is 0 Å². The van der Waals surface area contributed by atoms with Gasteiger partial charge in [-0.1, -0.05) is 0 Å². The molecule has 0 saturated carbocycles. The van der Waals surface area contributed by atoms with E-state index in [0.717, 1.165) is 54.6 Å². The average Bonchev–Trinajstić information content (AvgIpc) is 3.26. The van der Waals surface area contributed by atoms with Crippen LogP contribution in [0.4, 0.5) is 14.6 Å². The van der Waals surface area contributed by atoms with Crippen molar-refractivity contribution in [3.8, 4) is 6.07 Å². The third-order valence-electron chi connectivity index (χ3n) is 4.87. The maximum absolute atomic E-state index is 13.3. The Bertz CT molecular complexity index is 931. The Morgan fingerprint density at radius 2 is 2.18 bits per heavy atom. The van der Waals surface area contributed by atoms with Gasteiger partial charge in [-0.3, -0.25) is 4.79 Å². The normalized spacial score (nSPS) is 16.2. The second-order valence-corrected chi connectivity index (χ2v) is 7.75. The van der Waals surface area contributed by atoms with Crippen molar-refractivity contribution in [1.29, 1.82) is 5.26 Å². The minimum Gasteiger partial charge on any atom is -0.376 e. The van der Waals surface area contributed by atoms with Crippen molar-refractivity contribution in [3.05, 3.63) is 46.7 Å². The minimum atomic E-state index is -0.950. The molecule has 2 aromatic rings. The van der Waals surface area contributed by atoms with E-state index >= 15 is 0 Å². The van der Waals surface area contributed by atoms with Crippen LogP contribution in [0, 0.1) is 36.8 Å². The van der Waals surface area contributed by atoms with E-state index < -0.39 is 11.6 Å². The smallest absolute Gasteiger partial charge is 0.235 e. The highest BCUT2D eigenvalue weighted by Crippen LogP contribution is 2.29. The van der Waals surface area contributed by atoms with Crippen molar-refractivity contribution in [2.75, 3.05) is 17.7 Å². The molecule has 148 valence electrons. The van der Waals surface area contributed by atoms with E-state index in [0.29, 0.717) is 22.8 Å². The molecule has 1 aliphatic heterocycles. The van der Waals surface area contributed by atoms with Crippen molar-refractivity contribution in [2.45, 2.75) is 44.2 Å². The predicted molar refractivity (Wildman–Crippen MR) is 103 cm³/mol. The summed E-state index contributed by atoms with van der Waals surface area (Å²) in [6.07, 6.45) is 2.00. The molecule has 0 radical (unpaired) electrons. The fraction of sp³-hybridized carbons (Fsp3) is 0.400. The van der Waals surface area contributed by atoms with Gasteiger partial charge in [0.05, 0.1) is 24.0 Å². The van der Waals surface area contributed by atoms with Gasteiger partial charge < -0.3 is 14.6 Å². The number of nitrogens with zero attached hydrogens (tertiary/aromatic N) is 2. The molecule has 0 aliphatic carbocycles. The van der Waals surface area contributed by atoms with Crippen LogP contribution in [0.1, 0.15) is 29.7 Å². The van der Waals surface area contributed by atoms with E-state index in [-0.39, 0.29) is 17.8 Å². The van der Waals surface area contributed by atoms with Gasteiger partial charge in [0.15, 0.2) is 11.6 Å². The number of thioether (sulfide) groups is 1. The summed E-state index contributed by atoms with van der Waals surface area (Å²) < 4.78 is 33.9. The molecule has 1 amide bonds. The first-order chi connectivity index (χ1) is 13.4. The Morgan fingerprint density at radius 1 is 1.39 bits per heavy atom. The first-order valence-corrected chi connectivity index (χ1v) is 9.98. The topological polar surface area (TPSA) is 67.0 Å². The van der Waals surface area contributed by atoms with Crippen LogP contribution in [0.25, 0.3) is 0 Å². The van der Waals surface area contributed by atoms with Gasteiger partial charge in [0.1, 0.15) is 11.9 Å². The highest BCUT2D eigenvalue weighted by Gasteiger charge is 2.24. The number of carbonyl (C=O) groups excluding carboxylic acids is 1. The van der Waals surface area contributed by atoms with Crippen molar-refractivity contribution in [2.24, 2.45) is 0 Å². The van der Waals surface area contributed by atoms with Gasteiger partial charge in [-0.05, 0) is 50.5 Å². The lowest BCUT2D eigenvalue weighted by Crippen LogP contribution is -2.22. The average molecular weight is 405 g/mol. The van der Waals surface area contributed by atoms with Crippen molar-refractivity contribution >= 4 is 23.5 Å². The first-order valence-electron chi connectivity index (χ1n) is 8.99. The van der Waals surface area contributed by atoms with E-state index in [9.17, 15) is 18.8 Å². The minimum absolute atomic E-state index is 0.0130. The molecule has 1 N–H and O–H groups in total. The van der Waals surface area contributed by atoms with Gasteiger partial charge in [0, 0.05) is 17.2 Å². The second kappa shape index (κ2) is 8.76. The van der Waals surface area contributed by atoms with Crippen LogP contribution in [-0.4, -0.2) is 28.9 Å². The summed E-state index contributed by atoms with van der Waals surface area (Å²) in [5, 5.41) is 12.4. The molecular formula is C20H21F2N3O2S. The fourth-order valence-corrected chi connectivity index (χ4v) is 3.96. The monoisotopic (exact) mass is 405 g/mol. The van der Waals surface area contributed by atoms with Gasteiger partial charge in [0.2, 0.25) is 5.91 Å². The maximum Gasteiger partial charge on any atom is 0.235 e. The third-order valence-corrected chi connectivity index (χ3v) is 5.86. The molecule has 2 heterocycles. The predicted octanol–water partition coefficient (Wildman–Crippen LogP) is 4.16. The largest absolute Gasteiger partial charge is 0.376 e. The first kappa shape index (κ1) is 20.4. The number of benzene rings is 1. The van der Waals surface area contributed by atoms with E-state index in [4.69, 9.17) is 4.74 Å². The number of carbonyl (C=O) groups is 1. The summed E-state index contributed by atoms with van der Waals surface area (Å²) in [5.41, 5.74) is 2.17. The fourth-order valence-electron chi connectivity index (χ4n) is 3.23. The van der Waals surface area contributed by atoms with Gasteiger partial charge in [-0.15, -0.1) is 11.8 Å². The van der Waals surface area contributed by atoms with Crippen LogP contribution in [0.15, 0.2) is 23.1 Å². The summed E-state index contributed by atoms with van der Waals surface area (Å²) in [6, 6.07) is 5.68. The summed E-state index contributed by atoms with van der Waals surface area (Å²) in [7, 11) is 0. The highest BCUT2D eigenvalue weighted by atomic mass is 32.2. The zero-order valence-corrected chi connectivity index (χ0v) is 16.5. The van der Waals surface area contributed by atoms with E-state index in [2.05, 4.69) is 11.4 Å². The molecule has 0 bridgehead atoms. The molecule has 1 saturated heterocycles. The lowest BCUT2D eigenvalue weighted by Gasteiger charge is -2.16. The Labute approximate surface area is 166 Å². The van der Waals surface area contributed by atoms with Crippen LogP contribution in [0.3, 0.4) is 0 Å². The van der Waals surface area contributed by atoms with Crippen LogP contribution in [-0.2, 0) is 16.1 Å². The number of rotatable bonds is 6. The SMILES string of the molecule is Cc1c(C#N)c(NC(=O)CSc2ccc(F)c(F)c2)n(C[C@H]2CCCO2)c1C. The van der Waals surface area contributed by atoms with Gasteiger partial charge in [-0.2, -0.15) is 5.26 Å². The van der Waals surface area contributed by atoms with Crippen LogP contribution < -0.4 is 5.32 Å². The number of hydrogen-bond acceptors (Lipinski definition) is 4. The molecule has 1 atom stereocenters. The molecule has 0 spiro atoms. The number of nitriles is 1.